The number of halogens is 1. The van der Waals surface area contributed by atoms with E-state index in [1.807, 2.05) is 12.1 Å². The maximum Gasteiger partial charge on any atom is 0.0408 e. The van der Waals surface area contributed by atoms with E-state index in [1.54, 1.807) is 0 Å². The van der Waals surface area contributed by atoms with Gasteiger partial charge in [-0.3, -0.25) is 0 Å². The Bertz CT molecular complexity index is 309. The van der Waals surface area contributed by atoms with Crippen LogP contribution in [-0.4, -0.2) is 12.6 Å². The van der Waals surface area contributed by atoms with Crippen LogP contribution in [0.3, 0.4) is 0 Å². The molecule has 2 heteroatoms. The first-order chi connectivity index (χ1) is 7.61. The van der Waals surface area contributed by atoms with Gasteiger partial charge in [-0.1, -0.05) is 44.5 Å². The number of nitrogens with one attached hydrogen (secondary N) is 1. The molecule has 16 heavy (non-hydrogen) atoms. The Morgan fingerprint density at radius 1 is 1.31 bits per heavy atom. The molecule has 0 radical (unpaired) electrons. The van der Waals surface area contributed by atoms with E-state index >= 15 is 0 Å². The Hall–Kier alpha value is -0.530. The molecule has 0 aromatic heterocycles. The maximum atomic E-state index is 5.99. The third-order valence-corrected chi connectivity index (χ3v) is 2.85. The average molecular weight is 240 g/mol. The van der Waals surface area contributed by atoms with Gasteiger partial charge in [0.05, 0.1) is 0 Å². The fourth-order valence-electron chi connectivity index (χ4n) is 2.05. The first kappa shape index (κ1) is 13.5. The second-order valence-corrected chi connectivity index (χ2v) is 5.15. The van der Waals surface area contributed by atoms with Crippen molar-refractivity contribution in [3.05, 3.63) is 34.9 Å². The lowest BCUT2D eigenvalue weighted by atomic mass is 9.97. The number of hydrogen-bond acceptors (Lipinski definition) is 1. The van der Waals surface area contributed by atoms with Crippen LogP contribution < -0.4 is 5.32 Å². The molecule has 1 unspecified atom stereocenters. The zero-order valence-corrected chi connectivity index (χ0v) is 11.2. The largest absolute Gasteiger partial charge is 0.314 e. The van der Waals surface area contributed by atoms with Crippen molar-refractivity contribution in [3.63, 3.8) is 0 Å². The molecular weight excluding hydrogens is 218 g/mol. The lowest BCUT2D eigenvalue weighted by molar-refractivity contribution is 0.424. The molecule has 1 aromatic carbocycles. The van der Waals surface area contributed by atoms with Crippen LogP contribution in [0.1, 0.15) is 32.8 Å². The standard InChI is InChI=1S/C14H22ClN/c1-4-16-14(8-11(2)3)10-12-6-5-7-13(15)9-12/h5-7,9,11,14,16H,4,8,10H2,1-3H3. The van der Waals surface area contributed by atoms with Gasteiger partial charge in [0, 0.05) is 11.1 Å². The Morgan fingerprint density at radius 3 is 2.62 bits per heavy atom. The van der Waals surface area contributed by atoms with E-state index in [2.05, 4.69) is 38.2 Å². The molecular formula is C14H22ClN. The molecule has 0 heterocycles. The molecule has 1 atom stereocenters. The van der Waals surface area contributed by atoms with Gasteiger partial charge >= 0.3 is 0 Å². The Labute approximate surface area is 104 Å². The third kappa shape index (κ3) is 5.00. The van der Waals surface area contributed by atoms with Gasteiger partial charge in [-0.15, -0.1) is 0 Å². The third-order valence-electron chi connectivity index (χ3n) is 2.62. The van der Waals surface area contributed by atoms with Crippen LogP contribution >= 0.6 is 11.6 Å². The average Bonchev–Trinajstić information content (AvgIpc) is 2.16. The van der Waals surface area contributed by atoms with Gasteiger partial charge in [-0.05, 0) is 43.0 Å². The second kappa shape index (κ2) is 6.93. The van der Waals surface area contributed by atoms with Crippen molar-refractivity contribution in [2.45, 2.75) is 39.7 Å². The van der Waals surface area contributed by atoms with E-state index in [0.29, 0.717) is 6.04 Å². The summed E-state index contributed by atoms with van der Waals surface area (Å²) in [6.45, 7) is 7.72. The summed E-state index contributed by atoms with van der Waals surface area (Å²) in [5.41, 5.74) is 1.32. The zero-order valence-electron chi connectivity index (χ0n) is 10.5. The molecule has 0 bridgehead atoms. The van der Waals surface area contributed by atoms with Gasteiger partial charge in [-0.25, -0.2) is 0 Å². The Balaban J connectivity index is 2.60. The van der Waals surface area contributed by atoms with E-state index < -0.39 is 0 Å². The molecule has 1 aromatic rings. The summed E-state index contributed by atoms with van der Waals surface area (Å²) in [4.78, 5) is 0. The first-order valence-electron chi connectivity index (χ1n) is 6.09. The Kier molecular flexibility index (Phi) is 5.86. The monoisotopic (exact) mass is 239 g/mol. The molecule has 0 amide bonds. The molecule has 0 saturated heterocycles. The van der Waals surface area contributed by atoms with Crippen molar-refractivity contribution in [1.82, 2.24) is 5.32 Å². The summed E-state index contributed by atoms with van der Waals surface area (Å²) >= 11 is 5.99. The van der Waals surface area contributed by atoms with Gasteiger partial charge < -0.3 is 5.32 Å². The highest BCUT2D eigenvalue weighted by atomic mass is 35.5. The van der Waals surface area contributed by atoms with Gasteiger partial charge in [-0.2, -0.15) is 0 Å². The molecule has 1 rings (SSSR count). The normalized spacial score (nSPS) is 13.1. The zero-order chi connectivity index (χ0) is 12.0. The van der Waals surface area contributed by atoms with Crippen molar-refractivity contribution >= 4 is 11.6 Å². The fourth-order valence-corrected chi connectivity index (χ4v) is 2.26. The Morgan fingerprint density at radius 2 is 2.06 bits per heavy atom. The minimum Gasteiger partial charge on any atom is -0.314 e. The molecule has 0 spiro atoms. The minimum absolute atomic E-state index is 0.559. The van der Waals surface area contributed by atoms with Crippen molar-refractivity contribution in [2.75, 3.05) is 6.54 Å². The summed E-state index contributed by atoms with van der Waals surface area (Å²) in [6.07, 6.45) is 2.27. The van der Waals surface area contributed by atoms with Crippen LogP contribution in [0.2, 0.25) is 5.02 Å². The molecule has 90 valence electrons. The molecule has 0 aliphatic rings. The van der Waals surface area contributed by atoms with Crippen LogP contribution in [0.15, 0.2) is 24.3 Å². The molecule has 1 N–H and O–H groups in total. The molecule has 0 fully saturated rings. The number of benzene rings is 1. The van der Waals surface area contributed by atoms with Gasteiger partial charge in [0.2, 0.25) is 0 Å². The topological polar surface area (TPSA) is 12.0 Å². The van der Waals surface area contributed by atoms with Crippen LogP contribution in [0, 0.1) is 5.92 Å². The van der Waals surface area contributed by atoms with E-state index in [9.17, 15) is 0 Å². The van der Waals surface area contributed by atoms with E-state index in [-0.39, 0.29) is 0 Å². The smallest absolute Gasteiger partial charge is 0.0408 e. The summed E-state index contributed by atoms with van der Waals surface area (Å²) < 4.78 is 0. The summed E-state index contributed by atoms with van der Waals surface area (Å²) in [6, 6.07) is 8.72. The predicted octanol–water partition coefficient (Wildman–Crippen LogP) is 3.91. The van der Waals surface area contributed by atoms with Crippen molar-refractivity contribution in [2.24, 2.45) is 5.92 Å². The fraction of sp³-hybridized carbons (Fsp3) is 0.571. The molecule has 0 aliphatic carbocycles. The van der Waals surface area contributed by atoms with Crippen LogP contribution in [0.25, 0.3) is 0 Å². The second-order valence-electron chi connectivity index (χ2n) is 4.72. The highest BCUT2D eigenvalue weighted by Crippen LogP contribution is 2.15. The molecule has 0 aliphatic heterocycles. The molecule has 1 nitrogen and oxygen atoms in total. The quantitative estimate of drug-likeness (QED) is 0.794. The lowest BCUT2D eigenvalue weighted by Crippen LogP contribution is -2.32. The number of hydrogen-bond donors (Lipinski definition) is 1. The summed E-state index contributed by atoms with van der Waals surface area (Å²) in [5.74, 6) is 0.725. The lowest BCUT2D eigenvalue weighted by Gasteiger charge is -2.20. The van der Waals surface area contributed by atoms with E-state index in [4.69, 9.17) is 11.6 Å². The summed E-state index contributed by atoms with van der Waals surface area (Å²) in [5, 5.41) is 4.37. The SMILES string of the molecule is CCNC(Cc1cccc(Cl)c1)CC(C)C. The van der Waals surface area contributed by atoms with E-state index in [0.717, 1.165) is 23.9 Å². The van der Waals surface area contributed by atoms with Crippen LogP contribution in [0.5, 0.6) is 0 Å². The predicted molar refractivity (Wildman–Crippen MR) is 72.1 cm³/mol. The van der Waals surface area contributed by atoms with Gasteiger partial charge in [0.25, 0.3) is 0 Å². The van der Waals surface area contributed by atoms with Gasteiger partial charge in [0.1, 0.15) is 0 Å². The van der Waals surface area contributed by atoms with Crippen LogP contribution in [-0.2, 0) is 6.42 Å². The number of likely N-dealkylation sites (N-methyl/N-ethyl adjacent to an activating group) is 1. The highest BCUT2D eigenvalue weighted by molar-refractivity contribution is 6.30. The van der Waals surface area contributed by atoms with E-state index in [1.165, 1.54) is 12.0 Å². The maximum absolute atomic E-state index is 5.99. The first-order valence-corrected chi connectivity index (χ1v) is 6.47. The minimum atomic E-state index is 0.559. The van der Waals surface area contributed by atoms with Crippen LogP contribution in [0.4, 0.5) is 0 Å². The number of rotatable bonds is 6. The van der Waals surface area contributed by atoms with Crippen molar-refractivity contribution in [1.29, 1.82) is 0 Å². The van der Waals surface area contributed by atoms with Crippen molar-refractivity contribution in [3.8, 4) is 0 Å². The van der Waals surface area contributed by atoms with Crippen molar-refractivity contribution < 1.29 is 0 Å². The molecule has 0 saturated carbocycles. The highest BCUT2D eigenvalue weighted by Gasteiger charge is 2.10. The van der Waals surface area contributed by atoms with Gasteiger partial charge in [0.15, 0.2) is 0 Å². The summed E-state index contributed by atoms with van der Waals surface area (Å²) in [7, 11) is 0.